The minimum absolute atomic E-state index is 0.0244. The molecular weight excluding hydrogens is 346 g/mol. The van der Waals surface area contributed by atoms with Crippen molar-refractivity contribution in [3.05, 3.63) is 45.9 Å². The number of benzene rings is 1. The highest BCUT2D eigenvalue weighted by atomic mass is 35.5. The number of aryl methyl sites for hydroxylation is 1. The number of hydrogen-bond acceptors (Lipinski definition) is 4. The largest absolute Gasteiger partial charge is 0.329 e. The van der Waals surface area contributed by atoms with Crippen LogP contribution in [0.4, 0.5) is 5.13 Å². The fourth-order valence-electron chi connectivity index (χ4n) is 2.35. The van der Waals surface area contributed by atoms with Crippen LogP contribution >= 0.6 is 22.9 Å². The molecule has 1 N–H and O–H groups in total. The maximum atomic E-state index is 12.7. The molecule has 1 aliphatic carbocycles. The standard InChI is InChI=1S/C17H18ClN3O2S/c1-11-8-19-17(24-11)20-15(22)10-21(9-12-2-3-12)16(23)13-4-6-14(18)7-5-13/h4-8,12H,2-3,9-10H2,1H3,(H,19,20,22). The number of halogens is 1. The lowest BCUT2D eigenvalue weighted by atomic mass is 10.2. The SMILES string of the molecule is Cc1cnc(NC(=O)CN(CC2CC2)C(=O)c2ccc(Cl)cc2)s1. The van der Waals surface area contributed by atoms with Gasteiger partial charge in [0.05, 0.1) is 0 Å². The predicted octanol–water partition coefficient (Wildman–Crippen LogP) is 3.60. The quantitative estimate of drug-likeness (QED) is 0.853. The summed E-state index contributed by atoms with van der Waals surface area (Å²) in [6, 6.07) is 6.74. The van der Waals surface area contributed by atoms with Crippen LogP contribution in [-0.2, 0) is 4.79 Å². The van der Waals surface area contributed by atoms with Crippen molar-refractivity contribution in [2.24, 2.45) is 5.92 Å². The van der Waals surface area contributed by atoms with Crippen molar-refractivity contribution in [3.8, 4) is 0 Å². The number of thiazole rings is 1. The van der Waals surface area contributed by atoms with E-state index in [0.717, 1.165) is 17.7 Å². The summed E-state index contributed by atoms with van der Waals surface area (Å²) in [5, 5.41) is 3.89. The number of anilines is 1. The number of nitrogens with zero attached hydrogens (tertiary/aromatic N) is 2. The number of rotatable bonds is 6. The lowest BCUT2D eigenvalue weighted by molar-refractivity contribution is -0.116. The van der Waals surface area contributed by atoms with E-state index in [1.165, 1.54) is 11.3 Å². The van der Waals surface area contributed by atoms with E-state index in [1.54, 1.807) is 35.4 Å². The molecule has 126 valence electrons. The number of nitrogens with one attached hydrogen (secondary N) is 1. The summed E-state index contributed by atoms with van der Waals surface area (Å²) in [7, 11) is 0. The molecule has 1 aliphatic rings. The fourth-order valence-corrected chi connectivity index (χ4v) is 3.16. The lowest BCUT2D eigenvalue weighted by Crippen LogP contribution is -2.39. The van der Waals surface area contributed by atoms with Gasteiger partial charge in [0, 0.05) is 28.2 Å². The van der Waals surface area contributed by atoms with Crippen LogP contribution in [0.25, 0.3) is 0 Å². The molecule has 24 heavy (non-hydrogen) atoms. The zero-order valence-corrected chi connectivity index (χ0v) is 14.9. The monoisotopic (exact) mass is 363 g/mol. The molecule has 0 atom stereocenters. The van der Waals surface area contributed by atoms with Crippen molar-refractivity contribution in [1.29, 1.82) is 0 Å². The van der Waals surface area contributed by atoms with Gasteiger partial charge >= 0.3 is 0 Å². The molecule has 0 saturated heterocycles. The zero-order valence-electron chi connectivity index (χ0n) is 13.3. The van der Waals surface area contributed by atoms with E-state index < -0.39 is 0 Å². The van der Waals surface area contributed by atoms with Gasteiger partial charge < -0.3 is 10.2 Å². The maximum absolute atomic E-state index is 12.7. The molecule has 2 amide bonds. The second-order valence-corrected chi connectivity index (χ2v) is 7.63. The van der Waals surface area contributed by atoms with Gasteiger partial charge in [0.2, 0.25) is 5.91 Å². The topological polar surface area (TPSA) is 62.3 Å². The lowest BCUT2D eigenvalue weighted by Gasteiger charge is -2.22. The van der Waals surface area contributed by atoms with Gasteiger partial charge in [-0.2, -0.15) is 0 Å². The van der Waals surface area contributed by atoms with Crippen molar-refractivity contribution in [2.75, 3.05) is 18.4 Å². The minimum atomic E-state index is -0.229. The molecule has 0 spiro atoms. The van der Waals surface area contributed by atoms with Gasteiger partial charge in [-0.3, -0.25) is 9.59 Å². The van der Waals surface area contributed by atoms with E-state index in [2.05, 4.69) is 10.3 Å². The smallest absolute Gasteiger partial charge is 0.254 e. The first-order valence-corrected chi connectivity index (χ1v) is 8.98. The van der Waals surface area contributed by atoms with Gasteiger partial charge in [0.1, 0.15) is 6.54 Å². The average Bonchev–Trinajstić information content (AvgIpc) is 3.27. The highest BCUT2D eigenvalue weighted by molar-refractivity contribution is 7.15. The van der Waals surface area contributed by atoms with Crippen LogP contribution in [0.1, 0.15) is 28.1 Å². The molecule has 1 aromatic carbocycles. The molecule has 0 radical (unpaired) electrons. The zero-order chi connectivity index (χ0) is 17.1. The Bertz CT molecular complexity index is 741. The number of aromatic nitrogens is 1. The first kappa shape index (κ1) is 16.9. The Labute approximate surface area is 149 Å². The summed E-state index contributed by atoms with van der Waals surface area (Å²) >= 11 is 7.29. The second kappa shape index (κ2) is 7.32. The Kier molecular flexibility index (Phi) is 5.16. The Hall–Kier alpha value is -1.92. The van der Waals surface area contributed by atoms with Crippen molar-refractivity contribution >= 4 is 39.9 Å². The normalized spacial score (nSPS) is 13.6. The van der Waals surface area contributed by atoms with Crippen LogP contribution < -0.4 is 5.32 Å². The summed E-state index contributed by atoms with van der Waals surface area (Å²) < 4.78 is 0. The second-order valence-electron chi connectivity index (χ2n) is 5.96. The Morgan fingerprint density at radius 2 is 2.04 bits per heavy atom. The summed E-state index contributed by atoms with van der Waals surface area (Å²) in [4.78, 5) is 31.7. The molecule has 1 fully saturated rings. The number of carbonyl (C=O) groups is 2. The highest BCUT2D eigenvalue weighted by Crippen LogP contribution is 2.30. The molecule has 5 nitrogen and oxygen atoms in total. The van der Waals surface area contributed by atoms with Crippen molar-refractivity contribution < 1.29 is 9.59 Å². The number of hydrogen-bond donors (Lipinski definition) is 1. The van der Waals surface area contributed by atoms with Gasteiger partial charge in [-0.25, -0.2) is 4.98 Å². The van der Waals surface area contributed by atoms with Crippen LogP contribution in [0.3, 0.4) is 0 Å². The van der Waals surface area contributed by atoms with Crippen LogP contribution in [-0.4, -0.2) is 34.8 Å². The van der Waals surface area contributed by atoms with E-state index in [1.807, 2.05) is 6.92 Å². The Morgan fingerprint density at radius 1 is 1.33 bits per heavy atom. The Morgan fingerprint density at radius 3 is 2.62 bits per heavy atom. The molecule has 1 heterocycles. The van der Waals surface area contributed by atoms with E-state index in [4.69, 9.17) is 11.6 Å². The van der Waals surface area contributed by atoms with Crippen molar-refractivity contribution in [3.63, 3.8) is 0 Å². The van der Waals surface area contributed by atoms with Crippen LogP contribution in [0.15, 0.2) is 30.5 Å². The van der Waals surface area contributed by atoms with E-state index in [0.29, 0.717) is 28.2 Å². The highest BCUT2D eigenvalue weighted by Gasteiger charge is 2.28. The molecule has 0 bridgehead atoms. The summed E-state index contributed by atoms with van der Waals surface area (Å²) in [5.41, 5.74) is 0.540. The first-order chi connectivity index (χ1) is 11.5. The molecule has 7 heteroatoms. The van der Waals surface area contributed by atoms with Crippen molar-refractivity contribution in [1.82, 2.24) is 9.88 Å². The number of amides is 2. The van der Waals surface area contributed by atoms with E-state index >= 15 is 0 Å². The maximum Gasteiger partial charge on any atom is 0.254 e. The first-order valence-electron chi connectivity index (χ1n) is 7.78. The molecule has 3 rings (SSSR count). The summed E-state index contributed by atoms with van der Waals surface area (Å²) in [5.74, 6) is 0.118. The number of carbonyl (C=O) groups excluding carboxylic acids is 2. The van der Waals surface area contributed by atoms with E-state index in [-0.39, 0.29) is 18.4 Å². The van der Waals surface area contributed by atoms with Gasteiger partial charge in [-0.05, 0) is 49.9 Å². The van der Waals surface area contributed by atoms with Gasteiger partial charge in [0.25, 0.3) is 5.91 Å². The molecule has 2 aromatic rings. The molecule has 1 saturated carbocycles. The predicted molar refractivity (Wildman–Crippen MR) is 95.6 cm³/mol. The average molecular weight is 364 g/mol. The third kappa shape index (κ3) is 4.55. The molecule has 1 aromatic heterocycles. The van der Waals surface area contributed by atoms with Crippen LogP contribution in [0, 0.1) is 12.8 Å². The molecule has 0 unspecified atom stereocenters. The fraction of sp³-hybridized carbons (Fsp3) is 0.353. The van der Waals surface area contributed by atoms with Crippen LogP contribution in [0.2, 0.25) is 5.02 Å². The third-order valence-electron chi connectivity index (χ3n) is 3.76. The third-order valence-corrected chi connectivity index (χ3v) is 4.84. The molecular formula is C17H18ClN3O2S. The van der Waals surface area contributed by atoms with Crippen molar-refractivity contribution in [2.45, 2.75) is 19.8 Å². The van der Waals surface area contributed by atoms with E-state index in [9.17, 15) is 9.59 Å². The summed E-state index contributed by atoms with van der Waals surface area (Å²) in [6.07, 6.45) is 3.93. The van der Waals surface area contributed by atoms with Gasteiger partial charge in [-0.15, -0.1) is 11.3 Å². The van der Waals surface area contributed by atoms with Gasteiger partial charge in [0.15, 0.2) is 5.13 Å². The Balaban J connectivity index is 1.67. The van der Waals surface area contributed by atoms with Gasteiger partial charge in [-0.1, -0.05) is 11.6 Å². The summed E-state index contributed by atoms with van der Waals surface area (Å²) in [6.45, 7) is 2.55. The minimum Gasteiger partial charge on any atom is -0.329 e. The van der Waals surface area contributed by atoms with Crippen LogP contribution in [0.5, 0.6) is 0 Å². The molecule has 0 aliphatic heterocycles.